The first-order valence-electron chi connectivity index (χ1n) is 6.32. The second-order valence-corrected chi connectivity index (χ2v) is 5.75. The summed E-state index contributed by atoms with van der Waals surface area (Å²) in [4.78, 5) is 28.7. The second kappa shape index (κ2) is 6.21. The maximum Gasteiger partial charge on any atom is 0.327 e. The Hall–Kier alpha value is -1.63. The zero-order valence-electron chi connectivity index (χ0n) is 11.0. The highest BCUT2D eigenvalue weighted by atomic mass is 32.2. The fraction of sp³-hybridized carbons (Fsp3) is 0.462. The van der Waals surface area contributed by atoms with Crippen LogP contribution in [0.4, 0.5) is 4.39 Å². The summed E-state index contributed by atoms with van der Waals surface area (Å²) in [6.45, 7) is 1.97. The standard InChI is InChI=1S/C13H15FN2O3S/c1-2-3-11-16(10(7-20-11)13(18)19)12(17)8-4-9(14)6-15-5-8/h4-6,10-11H,2-3,7H2,1H3,(H,18,19). The van der Waals surface area contributed by atoms with Crippen molar-refractivity contribution >= 4 is 23.6 Å². The summed E-state index contributed by atoms with van der Waals surface area (Å²) in [5, 5.41) is 9.04. The zero-order valence-corrected chi connectivity index (χ0v) is 11.8. The molecule has 0 aromatic carbocycles. The van der Waals surface area contributed by atoms with Gasteiger partial charge in [0.2, 0.25) is 0 Å². The van der Waals surface area contributed by atoms with Crippen molar-refractivity contribution in [1.82, 2.24) is 9.88 Å². The lowest BCUT2D eigenvalue weighted by molar-refractivity contribution is -0.141. The van der Waals surface area contributed by atoms with Crippen LogP contribution in [0.3, 0.4) is 0 Å². The number of amides is 1. The summed E-state index contributed by atoms with van der Waals surface area (Å²) >= 11 is 1.45. The minimum absolute atomic E-state index is 0.0832. The van der Waals surface area contributed by atoms with Crippen molar-refractivity contribution in [1.29, 1.82) is 0 Å². The number of carbonyl (C=O) groups is 2. The van der Waals surface area contributed by atoms with Gasteiger partial charge in [-0.3, -0.25) is 9.78 Å². The van der Waals surface area contributed by atoms with Crippen molar-refractivity contribution in [3.8, 4) is 0 Å². The first kappa shape index (κ1) is 14.8. The van der Waals surface area contributed by atoms with Crippen LogP contribution in [0.15, 0.2) is 18.5 Å². The van der Waals surface area contributed by atoms with E-state index >= 15 is 0 Å². The Kier molecular flexibility index (Phi) is 4.59. The van der Waals surface area contributed by atoms with Gasteiger partial charge < -0.3 is 10.0 Å². The Morgan fingerprint density at radius 1 is 1.55 bits per heavy atom. The molecule has 0 radical (unpaired) electrons. The lowest BCUT2D eigenvalue weighted by Gasteiger charge is -2.27. The van der Waals surface area contributed by atoms with Gasteiger partial charge in [-0.1, -0.05) is 13.3 Å². The van der Waals surface area contributed by atoms with E-state index in [1.165, 1.54) is 22.9 Å². The number of halogens is 1. The summed E-state index contributed by atoms with van der Waals surface area (Å²) in [6, 6.07) is 0.215. The van der Waals surface area contributed by atoms with Crippen molar-refractivity contribution in [3.05, 3.63) is 29.8 Å². The molecular weight excluding hydrogens is 283 g/mol. The van der Waals surface area contributed by atoms with E-state index in [0.717, 1.165) is 18.7 Å². The van der Waals surface area contributed by atoms with Gasteiger partial charge in [-0.2, -0.15) is 0 Å². The van der Waals surface area contributed by atoms with Crippen LogP contribution in [-0.2, 0) is 4.79 Å². The molecule has 2 heterocycles. The van der Waals surface area contributed by atoms with E-state index in [1.54, 1.807) is 0 Å². The van der Waals surface area contributed by atoms with Gasteiger partial charge in [-0.15, -0.1) is 11.8 Å². The first-order chi connectivity index (χ1) is 9.54. The number of carboxylic acids is 1. The molecule has 108 valence electrons. The number of nitrogens with zero attached hydrogens (tertiary/aromatic N) is 2. The molecule has 2 atom stereocenters. The van der Waals surface area contributed by atoms with E-state index < -0.39 is 23.7 Å². The van der Waals surface area contributed by atoms with Crippen molar-refractivity contribution in [2.24, 2.45) is 0 Å². The number of carboxylic acid groups (broad SMARTS) is 1. The molecule has 5 nitrogen and oxygen atoms in total. The van der Waals surface area contributed by atoms with Gasteiger partial charge >= 0.3 is 5.97 Å². The normalized spacial score (nSPS) is 22.0. The summed E-state index contributed by atoms with van der Waals surface area (Å²) < 4.78 is 13.2. The molecule has 1 amide bonds. The monoisotopic (exact) mass is 298 g/mol. The molecule has 2 unspecified atom stereocenters. The van der Waals surface area contributed by atoms with Crippen LogP contribution in [0.2, 0.25) is 0 Å². The first-order valence-corrected chi connectivity index (χ1v) is 7.37. The molecule has 1 fully saturated rings. The van der Waals surface area contributed by atoms with Crippen LogP contribution in [-0.4, -0.2) is 44.0 Å². The van der Waals surface area contributed by atoms with Gasteiger partial charge in [0.15, 0.2) is 0 Å². The third kappa shape index (κ3) is 2.92. The number of pyridine rings is 1. The van der Waals surface area contributed by atoms with Crippen LogP contribution in [0, 0.1) is 5.82 Å². The number of rotatable bonds is 4. The van der Waals surface area contributed by atoms with Gasteiger partial charge in [0.25, 0.3) is 5.91 Å². The topological polar surface area (TPSA) is 70.5 Å². The molecular formula is C13H15FN2O3S. The van der Waals surface area contributed by atoms with Gasteiger partial charge in [0, 0.05) is 11.9 Å². The summed E-state index contributed by atoms with van der Waals surface area (Å²) in [5.41, 5.74) is 0.0832. The van der Waals surface area contributed by atoms with Gasteiger partial charge in [-0.05, 0) is 12.5 Å². The third-order valence-corrected chi connectivity index (χ3v) is 4.46. The van der Waals surface area contributed by atoms with Crippen molar-refractivity contribution in [2.45, 2.75) is 31.2 Å². The molecule has 1 aliphatic rings. The lowest BCUT2D eigenvalue weighted by Crippen LogP contribution is -2.45. The predicted octanol–water partition coefficient (Wildman–Crippen LogP) is 1.99. The molecule has 0 bridgehead atoms. The molecule has 0 aliphatic carbocycles. The van der Waals surface area contributed by atoms with Crippen LogP contribution < -0.4 is 0 Å². The van der Waals surface area contributed by atoms with Crippen molar-refractivity contribution in [3.63, 3.8) is 0 Å². The minimum Gasteiger partial charge on any atom is -0.480 e. The highest BCUT2D eigenvalue weighted by Crippen LogP contribution is 2.33. The highest BCUT2D eigenvalue weighted by molar-refractivity contribution is 8.00. The van der Waals surface area contributed by atoms with Gasteiger partial charge in [0.1, 0.15) is 11.9 Å². The molecule has 0 spiro atoms. The maximum absolute atomic E-state index is 13.2. The summed E-state index contributed by atoms with van der Waals surface area (Å²) in [5.74, 6) is -1.77. The van der Waals surface area contributed by atoms with E-state index in [4.69, 9.17) is 0 Å². The number of hydrogen-bond acceptors (Lipinski definition) is 4. The van der Waals surface area contributed by atoms with Crippen LogP contribution in [0.5, 0.6) is 0 Å². The number of thioether (sulfide) groups is 1. The molecule has 1 N–H and O–H groups in total. The van der Waals surface area contributed by atoms with Gasteiger partial charge in [-0.25, -0.2) is 9.18 Å². The average Bonchev–Trinajstić information content (AvgIpc) is 2.82. The molecule has 7 heteroatoms. The fourth-order valence-electron chi connectivity index (χ4n) is 2.17. The quantitative estimate of drug-likeness (QED) is 0.920. The molecule has 1 saturated heterocycles. The summed E-state index contributed by atoms with van der Waals surface area (Å²) in [7, 11) is 0. The van der Waals surface area contributed by atoms with Crippen molar-refractivity contribution < 1.29 is 19.1 Å². The van der Waals surface area contributed by atoms with Gasteiger partial charge in [0.05, 0.1) is 17.1 Å². The van der Waals surface area contributed by atoms with Crippen LogP contribution in [0.1, 0.15) is 30.1 Å². The van der Waals surface area contributed by atoms with E-state index in [1.807, 2.05) is 6.92 Å². The van der Waals surface area contributed by atoms with Crippen LogP contribution in [0.25, 0.3) is 0 Å². The minimum atomic E-state index is -1.03. The number of hydrogen-bond donors (Lipinski definition) is 1. The lowest BCUT2D eigenvalue weighted by atomic mass is 10.1. The Morgan fingerprint density at radius 3 is 2.90 bits per heavy atom. The van der Waals surface area contributed by atoms with E-state index in [-0.39, 0.29) is 10.9 Å². The fourth-order valence-corrected chi connectivity index (χ4v) is 3.69. The van der Waals surface area contributed by atoms with E-state index in [2.05, 4.69) is 4.98 Å². The van der Waals surface area contributed by atoms with Crippen LogP contribution >= 0.6 is 11.8 Å². The molecule has 0 saturated carbocycles. The maximum atomic E-state index is 13.2. The zero-order chi connectivity index (χ0) is 14.7. The van der Waals surface area contributed by atoms with Crippen molar-refractivity contribution in [2.75, 3.05) is 5.75 Å². The molecule has 20 heavy (non-hydrogen) atoms. The van der Waals surface area contributed by atoms with E-state index in [0.29, 0.717) is 12.2 Å². The second-order valence-electron chi connectivity index (χ2n) is 4.53. The summed E-state index contributed by atoms with van der Waals surface area (Å²) in [6.07, 6.45) is 3.82. The number of aromatic nitrogens is 1. The predicted molar refractivity (Wildman–Crippen MR) is 72.9 cm³/mol. The molecule has 1 aromatic rings. The Morgan fingerprint density at radius 2 is 2.30 bits per heavy atom. The Bertz CT molecular complexity index is 526. The molecule has 1 aliphatic heterocycles. The molecule has 2 rings (SSSR count). The number of carbonyl (C=O) groups excluding carboxylic acids is 1. The largest absolute Gasteiger partial charge is 0.480 e. The Balaban J connectivity index is 2.29. The third-order valence-electron chi connectivity index (χ3n) is 3.10. The highest BCUT2D eigenvalue weighted by Gasteiger charge is 2.41. The molecule has 1 aromatic heterocycles. The SMILES string of the molecule is CCCC1SCC(C(=O)O)N1C(=O)c1cncc(F)c1. The average molecular weight is 298 g/mol. The number of aliphatic carboxylic acids is 1. The smallest absolute Gasteiger partial charge is 0.327 e. The van der Waals surface area contributed by atoms with E-state index in [9.17, 15) is 19.1 Å². The Labute approximate surface area is 120 Å².